The third kappa shape index (κ3) is 2.70. The van der Waals surface area contributed by atoms with Crippen molar-refractivity contribution in [2.75, 3.05) is 25.1 Å². The number of fused-ring (bicyclic) bond motifs is 1. The lowest BCUT2D eigenvalue weighted by Crippen LogP contribution is -2.36. The second kappa shape index (κ2) is 6.33. The van der Waals surface area contributed by atoms with Crippen molar-refractivity contribution in [3.63, 3.8) is 0 Å². The molecule has 0 aliphatic carbocycles. The fourth-order valence-electron chi connectivity index (χ4n) is 2.87. The van der Waals surface area contributed by atoms with Crippen LogP contribution in [0.5, 0.6) is 11.5 Å². The van der Waals surface area contributed by atoms with Gasteiger partial charge in [0, 0.05) is 18.2 Å². The summed E-state index contributed by atoms with van der Waals surface area (Å²) in [6.45, 7) is 0.195. The highest BCUT2D eigenvalue weighted by atomic mass is 32.2. The molecule has 1 aliphatic rings. The Labute approximate surface area is 141 Å². The molecule has 0 amide bonds. The molecular formula is C17H19NO5S. The van der Waals surface area contributed by atoms with Crippen LogP contribution in [0.15, 0.2) is 47.4 Å². The summed E-state index contributed by atoms with van der Waals surface area (Å²) >= 11 is 0. The molecule has 7 heteroatoms. The quantitative estimate of drug-likeness (QED) is 0.917. The summed E-state index contributed by atoms with van der Waals surface area (Å²) in [5.41, 5.74) is 1.09. The van der Waals surface area contributed by atoms with Crippen molar-refractivity contribution in [3.05, 3.63) is 48.0 Å². The van der Waals surface area contributed by atoms with Gasteiger partial charge in [-0.05, 0) is 24.6 Å². The fourth-order valence-corrected chi connectivity index (χ4v) is 4.55. The number of rotatable bonds is 4. The van der Waals surface area contributed by atoms with E-state index in [4.69, 9.17) is 9.47 Å². The third-order valence-corrected chi connectivity index (χ3v) is 5.94. The van der Waals surface area contributed by atoms with Crippen molar-refractivity contribution >= 4 is 15.7 Å². The van der Waals surface area contributed by atoms with Crippen molar-refractivity contribution in [1.82, 2.24) is 0 Å². The number of aliphatic hydroxyl groups is 1. The Hall–Kier alpha value is -2.25. The molecule has 1 atom stereocenters. The Kier molecular flexibility index (Phi) is 4.38. The molecule has 0 bridgehead atoms. The summed E-state index contributed by atoms with van der Waals surface area (Å²) < 4.78 is 38.1. The standard InChI is InChI=1S/C17H19NO5S/c1-22-12-7-8-16(23-2)17(11-12)24(20,21)18-10-9-15(19)13-5-3-4-6-14(13)18/h3-8,11,15,19H,9-10H2,1-2H3. The lowest BCUT2D eigenvalue weighted by molar-refractivity contribution is 0.166. The predicted molar refractivity (Wildman–Crippen MR) is 90.1 cm³/mol. The lowest BCUT2D eigenvalue weighted by atomic mass is 10.0. The first-order valence-electron chi connectivity index (χ1n) is 7.51. The molecule has 1 heterocycles. The number of nitrogens with zero attached hydrogens (tertiary/aromatic N) is 1. The number of benzene rings is 2. The molecule has 0 saturated carbocycles. The highest BCUT2D eigenvalue weighted by Crippen LogP contribution is 2.39. The number of anilines is 1. The van der Waals surface area contributed by atoms with E-state index in [1.165, 1.54) is 24.6 Å². The van der Waals surface area contributed by atoms with Crippen LogP contribution in [-0.2, 0) is 10.0 Å². The topological polar surface area (TPSA) is 76.1 Å². The van der Waals surface area contributed by atoms with Gasteiger partial charge in [0.05, 0.1) is 26.0 Å². The van der Waals surface area contributed by atoms with Crippen LogP contribution in [0.4, 0.5) is 5.69 Å². The molecule has 2 aromatic rings. The minimum Gasteiger partial charge on any atom is -0.497 e. The van der Waals surface area contributed by atoms with Crippen LogP contribution in [-0.4, -0.2) is 34.3 Å². The maximum absolute atomic E-state index is 13.2. The Bertz CT molecular complexity index is 850. The van der Waals surface area contributed by atoms with E-state index in [1.54, 1.807) is 36.4 Å². The Balaban J connectivity index is 2.14. The van der Waals surface area contributed by atoms with Gasteiger partial charge in [0.25, 0.3) is 10.0 Å². The Morgan fingerprint density at radius 1 is 1.12 bits per heavy atom. The second-order valence-electron chi connectivity index (χ2n) is 5.46. The second-order valence-corrected chi connectivity index (χ2v) is 7.29. The molecule has 2 aromatic carbocycles. The number of sulfonamides is 1. The molecule has 0 fully saturated rings. The number of ether oxygens (including phenoxy) is 2. The fraction of sp³-hybridized carbons (Fsp3) is 0.294. The number of methoxy groups -OCH3 is 2. The van der Waals surface area contributed by atoms with E-state index in [9.17, 15) is 13.5 Å². The van der Waals surface area contributed by atoms with Gasteiger partial charge in [-0.2, -0.15) is 0 Å². The molecule has 0 saturated heterocycles. The van der Waals surface area contributed by atoms with Crippen LogP contribution in [0.25, 0.3) is 0 Å². The van der Waals surface area contributed by atoms with E-state index < -0.39 is 16.1 Å². The van der Waals surface area contributed by atoms with Gasteiger partial charge in [0.2, 0.25) is 0 Å². The molecule has 1 aliphatic heterocycles. The van der Waals surface area contributed by atoms with Crippen LogP contribution in [0.2, 0.25) is 0 Å². The first kappa shape index (κ1) is 16.6. The summed E-state index contributed by atoms with van der Waals surface area (Å²) in [5, 5.41) is 10.1. The van der Waals surface area contributed by atoms with Crippen LogP contribution in [0, 0.1) is 0 Å². The molecule has 128 valence electrons. The number of aliphatic hydroxyl groups excluding tert-OH is 1. The Morgan fingerprint density at radius 2 is 1.88 bits per heavy atom. The van der Waals surface area contributed by atoms with Crippen molar-refractivity contribution in [3.8, 4) is 11.5 Å². The smallest absolute Gasteiger partial charge is 0.268 e. The van der Waals surface area contributed by atoms with Crippen molar-refractivity contribution in [1.29, 1.82) is 0 Å². The van der Waals surface area contributed by atoms with Gasteiger partial charge in [-0.15, -0.1) is 0 Å². The third-order valence-electron chi connectivity index (χ3n) is 4.11. The summed E-state index contributed by atoms with van der Waals surface area (Å²) in [5.74, 6) is 0.680. The number of para-hydroxylation sites is 1. The number of hydrogen-bond acceptors (Lipinski definition) is 5. The van der Waals surface area contributed by atoms with E-state index >= 15 is 0 Å². The zero-order valence-corrected chi connectivity index (χ0v) is 14.3. The van der Waals surface area contributed by atoms with E-state index in [2.05, 4.69) is 0 Å². The minimum atomic E-state index is -3.86. The van der Waals surface area contributed by atoms with Crippen LogP contribution >= 0.6 is 0 Å². The molecule has 1 unspecified atom stereocenters. The van der Waals surface area contributed by atoms with Gasteiger partial charge in [0.15, 0.2) is 0 Å². The van der Waals surface area contributed by atoms with Crippen molar-refractivity contribution < 1.29 is 23.0 Å². The molecule has 24 heavy (non-hydrogen) atoms. The van der Waals surface area contributed by atoms with Gasteiger partial charge < -0.3 is 14.6 Å². The predicted octanol–water partition coefficient (Wildman–Crippen LogP) is 2.34. The van der Waals surface area contributed by atoms with E-state index in [-0.39, 0.29) is 17.2 Å². The molecule has 3 rings (SSSR count). The zero-order chi connectivity index (χ0) is 17.3. The SMILES string of the molecule is COc1ccc(OC)c(S(=O)(=O)N2CCC(O)c3ccccc32)c1. The Morgan fingerprint density at radius 3 is 2.58 bits per heavy atom. The van der Waals surface area contributed by atoms with Crippen LogP contribution in [0.3, 0.4) is 0 Å². The highest BCUT2D eigenvalue weighted by Gasteiger charge is 2.34. The monoisotopic (exact) mass is 349 g/mol. The minimum absolute atomic E-state index is 0.0375. The summed E-state index contributed by atoms with van der Waals surface area (Å²) in [6.07, 6.45) is -0.331. The maximum atomic E-state index is 13.2. The van der Waals surface area contributed by atoms with E-state index in [0.717, 1.165) is 0 Å². The zero-order valence-electron chi connectivity index (χ0n) is 13.5. The first-order valence-corrected chi connectivity index (χ1v) is 8.95. The average molecular weight is 349 g/mol. The van der Waals surface area contributed by atoms with Crippen LogP contribution in [0.1, 0.15) is 18.1 Å². The highest BCUT2D eigenvalue weighted by molar-refractivity contribution is 7.93. The van der Waals surface area contributed by atoms with Gasteiger partial charge >= 0.3 is 0 Å². The molecule has 1 N–H and O–H groups in total. The van der Waals surface area contributed by atoms with E-state index in [0.29, 0.717) is 23.4 Å². The molecule has 0 spiro atoms. The maximum Gasteiger partial charge on any atom is 0.268 e. The normalized spacial score (nSPS) is 17.3. The van der Waals surface area contributed by atoms with Gasteiger partial charge in [-0.25, -0.2) is 8.42 Å². The molecule has 0 aromatic heterocycles. The van der Waals surface area contributed by atoms with Gasteiger partial charge in [-0.3, -0.25) is 4.31 Å². The van der Waals surface area contributed by atoms with E-state index in [1.807, 2.05) is 0 Å². The van der Waals surface area contributed by atoms with Crippen molar-refractivity contribution in [2.24, 2.45) is 0 Å². The van der Waals surface area contributed by atoms with Gasteiger partial charge in [-0.1, -0.05) is 18.2 Å². The summed E-state index contributed by atoms with van der Waals surface area (Å²) in [6, 6.07) is 11.6. The molecular weight excluding hydrogens is 330 g/mol. The largest absolute Gasteiger partial charge is 0.497 e. The summed E-state index contributed by atoms with van der Waals surface area (Å²) in [4.78, 5) is 0.0375. The summed E-state index contributed by atoms with van der Waals surface area (Å²) in [7, 11) is -0.955. The molecule has 0 radical (unpaired) electrons. The van der Waals surface area contributed by atoms with Gasteiger partial charge in [0.1, 0.15) is 16.4 Å². The number of hydrogen-bond donors (Lipinski definition) is 1. The van der Waals surface area contributed by atoms with Crippen LogP contribution < -0.4 is 13.8 Å². The lowest BCUT2D eigenvalue weighted by Gasteiger charge is -2.33. The van der Waals surface area contributed by atoms with Crippen molar-refractivity contribution in [2.45, 2.75) is 17.4 Å². The average Bonchev–Trinajstić information content (AvgIpc) is 2.61. The molecule has 6 nitrogen and oxygen atoms in total. The first-order chi connectivity index (χ1) is 11.5.